The first-order chi connectivity index (χ1) is 16.1. The van der Waals surface area contributed by atoms with Gasteiger partial charge in [0.2, 0.25) is 0 Å². The van der Waals surface area contributed by atoms with Crippen LogP contribution in [0.15, 0.2) is 99.1 Å². The lowest BCUT2D eigenvalue weighted by Crippen LogP contribution is -2.16. The number of hydrogen-bond donors (Lipinski definition) is 1. The van der Waals surface area contributed by atoms with Crippen LogP contribution < -0.4 is 5.43 Å². The minimum atomic E-state index is -0.425. The molecular weight excluding hydrogens is 480 g/mol. The van der Waals surface area contributed by atoms with E-state index in [2.05, 4.69) is 32.5 Å². The molecule has 0 aliphatic rings. The average molecular weight is 499 g/mol. The van der Waals surface area contributed by atoms with Crippen molar-refractivity contribution < 1.29 is 9.21 Å². The van der Waals surface area contributed by atoms with E-state index in [1.54, 1.807) is 17.0 Å². The highest BCUT2D eigenvalue weighted by molar-refractivity contribution is 9.10. The SMILES string of the molecule is Cc1cccc(-c2nn(-c3ccccc3)cc2/C=N\NC(=O)c2cc3cc(Br)ccc3o2)c1. The molecule has 0 spiro atoms. The topological polar surface area (TPSA) is 72.4 Å². The Morgan fingerprint density at radius 3 is 2.73 bits per heavy atom. The molecule has 0 fully saturated rings. The highest BCUT2D eigenvalue weighted by atomic mass is 79.9. The van der Waals surface area contributed by atoms with Gasteiger partial charge in [-0.2, -0.15) is 10.2 Å². The highest BCUT2D eigenvalue weighted by Crippen LogP contribution is 2.25. The predicted octanol–water partition coefficient (Wildman–Crippen LogP) is 6.12. The van der Waals surface area contributed by atoms with Gasteiger partial charge in [0.1, 0.15) is 11.3 Å². The maximum absolute atomic E-state index is 12.6. The van der Waals surface area contributed by atoms with E-state index in [4.69, 9.17) is 9.52 Å². The number of carbonyl (C=O) groups excluding carboxylic acids is 1. The number of aryl methyl sites for hydroxylation is 1. The van der Waals surface area contributed by atoms with Gasteiger partial charge in [-0.05, 0) is 49.4 Å². The first-order valence-electron chi connectivity index (χ1n) is 10.3. The smallest absolute Gasteiger partial charge is 0.307 e. The number of amides is 1. The lowest BCUT2D eigenvalue weighted by atomic mass is 10.1. The van der Waals surface area contributed by atoms with E-state index < -0.39 is 5.91 Å². The maximum atomic E-state index is 12.6. The summed E-state index contributed by atoms with van der Waals surface area (Å²) in [5.41, 5.74) is 7.78. The predicted molar refractivity (Wildman–Crippen MR) is 133 cm³/mol. The zero-order chi connectivity index (χ0) is 22.8. The summed E-state index contributed by atoms with van der Waals surface area (Å²) in [6, 6.07) is 25.2. The molecule has 2 heterocycles. The summed E-state index contributed by atoms with van der Waals surface area (Å²) in [6.07, 6.45) is 3.49. The lowest BCUT2D eigenvalue weighted by molar-refractivity contribution is 0.0929. The van der Waals surface area contributed by atoms with E-state index in [1.165, 1.54) is 0 Å². The number of aromatic nitrogens is 2. The van der Waals surface area contributed by atoms with Gasteiger partial charge in [-0.1, -0.05) is 57.9 Å². The number of benzene rings is 3. The Kier molecular flexibility index (Phi) is 5.62. The molecule has 0 saturated carbocycles. The van der Waals surface area contributed by atoms with Crippen LogP contribution in [0.5, 0.6) is 0 Å². The zero-order valence-corrected chi connectivity index (χ0v) is 19.3. The van der Waals surface area contributed by atoms with Crippen LogP contribution in [0.1, 0.15) is 21.7 Å². The van der Waals surface area contributed by atoms with Crippen molar-refractivity contribution in [3.63, 3.8) is 0 Å². The third-order valence-corrected chi connectivity index (χ3v) is 5.62. The molecule has 3 aromatic carbocycles. The van der Waals surface area contributed by atoms with Crippen molar-refractivity contribution in [3.8, 4) is 16.9 Å². The summed E-state index contributed by atoms with van der Waals surface area (Å²) < 4.78 is 8.35. The Hall–Kier alpha value is -3.97. The van der Waals surface area contributed by atoms with Gasteiger partial charge >= 0.3 is 5.91 Å². The lowest BCUT2D eigenvalue weighted by Gasteiger charge is -2.01. The minimum absolute atomic E-state index is 0.194. The molecule has 162 valence electrons. The molecule has 5 rings (SSSR count). The fraction of sp³-hybridized carbons (Fsp3) is 0.0385. The number of rotatable bonds is 5. The Labute approximate surface area is 198 Å². The van der Waals surface area contributed by atoms with Crippen molar-refractivity contribution in [2.24, 2.45) is 5.10 Å². The summed E-state index contributed by atoms with van der Waals surface area (Å²) in [6.45, 7) is 2.04. The number of halogens is 1. The molecule has 5 aromatic rings. The molecule has 0 aliphatic carbocycles. The van der Waals surface area contributed by atoms with E-state index in [1.807, 2.05) is 79.9 Å². The number of nitrogens with zero attached hydrogens (tertiary/aromatic N) is 3. The molecule has 1 N–H and O–H groups in total. The van der Waals surface area contributed by atoms with Crippen molar-refractivity contribution in [2.75, 3.05) is 0 Å². The van der Waals surface area contributed by atoms with Crippen molar-refractivity contribution in [1.29, 1.82) is 0 Å². The second-order valence-electron chi connectivity index (χ2n) is 7.57. The van der Waals surface area contributed by atoms with Crippen LogP contribution in [0.2, 0.25) is 0 Å². The Balaban J connectivity index is 1.43. The van der Waals surface area contributed by atoms with Crippen LogP contribution in [0.25, 0.3) is 27.9 Å². The molecule has 0 atom stereocenters. The maximum Gasteiger partial charge on any atom is 0.307 e. The fourth-order valence-corrected chi connectivity index (χ4v) is 3.93. The van der Waals surface area contributed by atoms with E-state index in [0.717, 1.165) is 37.9 Å². The van der Waals surface area contributed by atoms with E-state index in [9.17, 15) is 4.79 Å². The molecule has 0 radical (unpaired) electrons. The van der Waals surface area contributed by atoms with Gasteiger partial charge < -0.3 is 4.42 Å². The Morgan fingerprint density at radius 1 is 1.06 bits per heavy atom. The molecule has 0 bridgehead atoms. The van der Waals surface area contributed by atoms with Crippen LogP contribution in [-0.4, -0.2) is 21.9 Å². The summed E-state index contributed by atoms with van der Waals surface area (Å²) in [5, 5.41) is 9.79. The van der Waals surface area contributed by atoms with Gasteiger partial charge in [-0.15, -0.1) is 0 Å². The van der Waals surface area contributed by atoms with E-state index >= 15 is 0 Å². The van der Waals surface area contributed by atoms with Gasteiger partial charge in [0.05, 0.1) is 11.9 Å². The monoisotopic (exact) mass is 498 g/mol. The van der Waals surface area contributed by atoms with Crippen molar-refractivity contribution in [2.45, 2.75) is 6.92 Å². The molecule has 33 heavy (non-hydrogen) atoms. The van der Waals surface area contributed by atoms with Crippen molar-refractivity contribution in [1.82, 2.24) is 15.2 Å². The number of para-hydroxylation sites is 1. The molecule has 0 aliphatic heterocycles. The number of nitrogens with one attached hydrogen (secondary N) is 1. The van der Waals surface area contributed by atoms with Gasteiger partial charge in [0.15, 0.2) is 5.76 Å². The van der Waals surface area contributed by atoms with Gasteiger partial charge in [0, 0.05) is 27.2 Å². The van der Waals surface area contributed by atoms with Crippen molar-refractivity contribution in [3.05, 3.63) is 106 Å². The largest absolute Gasteiger partial charge is 0.451 e. The molecular formula is C26H19BrN4O2. The summed E-state index contributed by atoms with van der Waals surface area (Å²) >= 11 is 3.42. The second kappa shape index (κ2) is 8.88. The number of furan rings is 1. The summed E-state index contributed by atoms with van der Waals surface area (Å²) in [5.74, 6) is -0.231. The summed E-state index contributed by atoms with van der Waals surface area (Å²) in [4.78, 5) is 12.6. The zero-order valence-electron chi connectivity index (χ0n) is 17.7. The number of fused-ring (bicyclic) bond motifs is 1. The molecule has 2 aromatic heterocycles. The van der Waals surface area contributed by atoms with E-state index in [0.29, 0.717) is 5.58 Å². The van der Waals surface area contributed by atoms with Crippen molar-refractivity contribution >= 4 is 39.0 Å². The number of carbonyl (C=O) groups is 1. The van der Waals surface area contributed by atoms with Gasteiger partial charge in [-0.3, -0.25) is 4.79 Å². The summed E-state index contributed by atoms with van der Waals surface area (Å²) in [7, 11) is 0. The third kappa shape index (κ3) is 4.49. The van der Waals surface area contributed by atoms with Gasteiger partial charge in [-0.25, -0.2) is 10.1 Å². The van der Waals surface area contributed by atoms with Crippen LogP contribution >= 0.6 is 15.9 Å². The minimum Gasteiger partial charge on any atom is -0.451 e. The number of hydrazone groups is 1. The van der Waals surface area contributed by atoms with Crippen LogP contribution in [0.4, 0.5) is 0 Å². The Morgan fingerprint density at radius 2 is 1.91 bits per heavy atom. The van der Waals surface area contributed by atoms with Gasteiger partial charge in [0.25, 0.3) is 0 Å². The Bertz CT molecular complexity index is 1490. The van der Waals surface area contributed by atoms with Crippen LogP contribution in [0.3, 0.4) is 0 Å². The highest BCUT2D eigenvalue weighted by Gasteiger charge is 2.14. The molecule has 0 unspecified atom stereocenters. The normalized spacial score (nSPS) is 11.3. The first-order valence-corrected chi connectivity index (χ1v) is 11.1. The second-order valence-corrected chi connectivity index (χ2v) is 8.49. The fourth-order valence-electron chi connectivity index (χ4n) is 3.55. The number of hydrogen-bond acceptors (Lipinski definition) is 4. The van der Waals surface area contributed by atoms with E-state index in [-0.39, 0.29) is 5.76 Å². The first kappa shape index (κ1) is 20.9. The molecule has 7 heteroatoms. The molecule has 0 saturated heterocycles. The quantitative estimate of drug-likeness (QED) is 0.234. The van der Waals surface area contributed by atoms with Crippen LogP contribution in [0, 0.1) is 6.92 Å². The standard InChI is InChI=1S/C26H19BrN4O2/c1-17-6-5-7-18(12-17)25-20(16-31(30-25)22-8-3-2-4-9-22)15-28-29-26(32)24-14-19-13-21(27)10-11-23(19)33-24/h2-16H,1H3,(H,29,32)/b28-15-. The molecule has 1 amide bonds. The average Bonchev–Trinajstić information content (AvgIpc) is 3.44. The molecule has 6 nitrogen and oxygen atoms in total. The van der Waals surface area contributed by atoms with Crippen LogP contribution in [-0.2, 0) is 0 Å². The third-order valence-electron chi connectivity index (χ3n) is 5.13.